The fourth-order valence-corrected chi connectivity index (χ4v) is 5.78. The van der Waals surface area contributed by atoms with Crippen molar-refractivity contribution in [2.24, 2.45) is 18.7 Å². The Balaban J connectivity index is 1.92. The Morgan fingerprint density at radius 3 is 2.67 bits per heavy atom. The first kappa shape index (κ1) is 15.1. The van der Waals surface area contributed by atoms with Crippen molar-refractivity contribution in [1.82, 2.24) is 8.87 Å². The number of hydrogen-bond donors (Lipinski definition) is 1. The van der Waals surface area contributed by atoms with Gasteiger partial charge in [-0.05, 0) is 37.7 Å². The van der Waals surface area contributed by atoms with E-state index >= 15 is 0 Å². The molecule has 118 valence electrons. The average molecular weight is 311 g/mol. The Labute approximate surface area is 127 Å². The molecule has 2 N–H and O–H groups in total. The minimum atomic E-state index is -3.39. The molecule has 1 saturated heterocycles. The minimum absolute atomic E-state index is 0.207. The molecular formula is C15H25N3O2S. The van der Waals surface area contributed by atoms with Gasteiger partial charge < -0.3 is 10.3 Å². The van der Waals surface area contributed by atoms with E-state index in [1.165, 1.54) is 19.3 Å². The summed E-state index contributed by atoms with van der Waals surface area (Å²) in [4.78, 5) is 0.400. The lowest BCUT2D eigenvalue weighted by Gasteiger charge is -2.42. The lowest BCUT2D eigenvalue weighted by molar-refractivity contribution is 0.129. The molecule has 1 aromatic heterocycles. The summed E-state index contributed by atoms with van der Waals surface area (Å²) in [5.41, 5.74) is 6.52. The normalized spacial score (nSPS) is 27.5. The van der Waals surface area contributed by atoms with Crippen molar-refractivity contribution in [3.63, 3.8) is 0 Å². The SMILES string of the molecule is Cn1cc(S(=O)(=O)N2CCC[C@H]3CCCC[C@H]32)cc1CN. The molecule has 6 heteroatoms. The summed E-state index contributed by atoms with van der Waals surface area (Å²) in [6, 6.07) is 1.93. The van der Waals surface area contributed by atoms with E-state index in [2.05, 4.69) is 0 Å². The van der Waals surface area contributed by atoms with Crippen LogP contribution < -0.4 is 5.73 Å². The summed E-state index contributed by atoms with van der Waals surface area (Å²) < 4.78 is 29.6. The van der Waals surface area contributed by atoms with Crippen LogP contribution in [0.4, 0.5) is 0 Å². The van der Waals surface area contributed by atoms with Gasteiger partial charge in [-0.3, -0.25) is 0 Å². The number of rotatable bonds is 3. The zero-order valence-corrected chi connectivity index (χ0v) is 13.5. The minimum Gasteiger partial charge on any atom is -0.352 e. The fourth-order valence-electron chi connectivity index (χ4n) is 3.93. The van der Waals surface area contributed by atoms with Gasteiger partial charge in [0.2, 0.25) is 10.0 Å². The first-order valence-electron chi connectivity index (χ1n) is 7.91. The van der Waals surface area contributed by atoms with E-state index in [4.69, 9.17) is 5.73 Å². The second-order valence-corrected chi connectivity index (χ2v) is 8.24. The van der Waals surface area contributed by atoms with Gasteiger partial charge in [0.25, 0.3) is 0 Å². The molecule has 2 aliphatic rings. The highest BCUT2D eigenvalue weighted by Gasteiger charge is 2.40. The number of sulfonamides is 1. The molecule has 1 saturated carbocycles. The first-order chi connectivity index (χ1) is 10.0. The maximum Gasteiger partial charge on any atom is 0.244 e. The Morgan fingerprint density at radius 1 is 1.24 bits per heavy atom. The first-order valence-corrected chi connectivity index (χ1v) is 9.35. The van der Waals surface area contributed by atoms with Crippen LogP contribution in [0.5, 0.6) is 0 Å². The molecule has 5 nitrogen and oxygen atoms in total. The van der Waals surface area contributed by atoms with Crippen LogP contribution in [0.3, 0.4) is 0 Å². The molecule has 0 aromatic carbocycles. The molecule has 0 unspecified atom stereocenters. The topological polar surface area (TPSA) is 68.3 Å². The van der Waals surface area contributed by atoms with Gasteiger partial charge in [0.1, 0.15) is 4.90 Å². The summed E-state index contributed by atoms with van der Waals surface area (Å²) in [6.07, 6.45) is 8.45. The van der Waals surface area contributed by atoms with Crippen LogP contribution in [-0.2, 0) is 23.6 Å². The molecule has 1 aliphatic carbocycles. The number of aromatic nitrogens is 1. The number of nitrogens with two attached hydrogens (primary N) is 1. The predicted octanol–water partition coefficient (Wildman–Crippen LogP) is 1.83. The van der Waals surface area contributed by atoms with E-state index in [0.717, 1.165) is 25.0 Å². The van der Waals surface area contributed by atoms with Crippen molar-refractivity contribution in [1.29, 1.82) is 0 Å². The van der Waals surface area contributed by atoms with Crippen LogP contribution in [0.2, 0.25) is 0 Å². The summed E-state index contributed by atoms with van der Waals surface area (Å²) in [5, 5.41) is 0. The van der Waals surface area contributed by atoms with Crippen molar-refractivity contribution < 1.29 is 8.42 Å². The van der Waals surface area contributed by atoms with Gasteiger partial charge in [0.05, 0.1) is 0 Å². The molecule has 0 radical (unpaired) electrons. The Kier molecular flexibility index (Phi) is 4.12. The van der Waals surface area contributed by atoms with E-state index in [1.807, 2.05) is 11.6 Å². The standard InChI is InChI=1S/C15H25N3O2S/c1-17-11-14(9-13(17)10-16)21(19,20)18-8-4-6-12-5-2-3-7-15(12)18/h9,11-12,15H,2-8,10,16H2,1H3/t12-,15-/m1/s1. The maximum atomic E-state index is 13.0. The third-order valence-electron chi connectivity index (χ3n) is 5.09. The molecule has 2 heterocycles. The fraction of sp³-hybridized carbons (Fsp3) is 0.733. The second kappa shape index (κ2) is 5.74. The van der Waals surface area contributed by atoms with Gasteiger partial charge in [0, 0.05) is 38.1 Å². The van der Waals surface area contributed by atoms with Crippen LogP contribution in [0.25, 0.3) is 0 Å². The molecule has 21 heavy (non-hydrogen) atoms. The Hall–Kier alpha value is -0.850. The number of nitrogens with zero attached hydrogens (tertiary/aromatic N) is 2. The highest BCUT2D eigenvalue weighted by molar-refractivity contribution is 7.89. The molecule has 3 rings (SSSR count). The quantitative estimate of drug-likeness (QED) is 0.926. The number of hydrogen-bond acceptors (Lipinski definition) is 3. The molecule has 0 bridgehead atoms. The average Bonchev–Trinajstić information content (AvgIpc) is 2.88. The van der Waals surface area contributed by atoms with Crippen molar-refractivity contribution in [3.05, 3.63) is 18.0 Å². The largest absolute Gasteiger partial charge is 0.352 e. The molecular weight excluding hydrogens is 286 g/mol. The molecule has 1 aliphatic heterocycles. The van der Waals surface area contributed by atoms with E-state index in [1.54, 1.807) is 16.6 Å². The van der Waals surface area contributed by atoms with Crippen molar-refractivity contribution in [3.8, 4) is 0 Å². The molecule has 1 aromatic rings. The Bertz CT molecular complexity index is 606. The summed E-state index contributed by atoms with van der Waals surface area (Å²) in [5.74, 6) is 0.556. The van der Waals surface area contributed by atoms with Crippen molar-refractivity contribution >= 4 is 10.0 Å². The van der Waals surface area contributed by atoms with Gasteiger partial charge in [-0.2, -0.15) is 4.31 Å². The zero-order chi connectivity index (χ0) is 15.0. The molecule has 2 fully saturated rings. The van der Waals surface area contributed by atoms with Crippen molar-refractivity contribution in [2.75, 3.05) is 6.54 Å². The number of piperidine rings is 1. The second-order valence-electron chi connectivity index (χ2n) is 6.35. The third-order valence-corrected chi connectivity index (χ3v) is 6.98. The van der Waals surface area contributed by atoms with Gasteiger partial charge in [-0.1, -0.05) is 12.8 Å². The monoisotopic (exact) mass is 311 g/mol. The van der Waals surface area contributed by atoms with Crippen LogP contribution in [0.15, 0.2) is 17.2 Å². The Morgan fingerprint density at radius 2 is 1.95 bits per heavy atom. The third kappa shape index (κ3) is 2.64. The highest BCUT2D eigenvalue weighted by Crippen LogP contribution is 2.38. The molecule has 0 spiro atoms. The van der Waals surface area contributed by atoms with Gasteiger partial charge in [-0.25, -0.2) is 8.42 Å². The van der Waals surface area contributed by atoms with E-state index in [-0.39, 0.29) is 6.04 Å². The predicted molar refractivity (Wildman–Crippen MR) is 82.2 cm³/mol. The zero-order valence-electron chi connectivity index (χ0n) is 12.7. The number of fused-ring (bicyclic) bond motifs is 1. The van der Waals surface area contributed by atoms with E-state index in [9.17, 15) is 8.42 Å². The smallest absolute Gasteiger partial charge is 0.244 e. The lowest BCUT2D eigenvalue weighted by Crippen LogP contribution is -2.49. The summed E-state index contributed by atoms with van der Waals surface area (Å²) in [6.45, 7) is 1.02. The van der Waals surface area contributed by atoms with Gasteiger partial charge in [-0.15, -0.1) is 0 Å². The van der Waals surface area contributed by atoms with E-state index in [0.29, 0.717) is 23.9 Å². The summed E-state index contributed by atoms with van der Waals surface area (Å²) in [7, 11) is -1.54. The van der Waals surface area contributed by atoms with E-state index < -0.39 is 10.0 Å². The molecule has 2 atom stereocenters. The van der Waals surface area contributed by atoms with Crippen LogP contribution in [0.1, 0.15) is 44.2 Å². The van der Waals surface area contributed by atoms with Crippen LogP contribution >= 0.6 is 0 Å². The van der Waals surface area contributed by atoms with Crippen molar-refractivity contribution in [2.45, 2.75) is 56.0 Å². The van der Waals surface area contributed by atoms with Gasteiger partial charge in [0.15, 0.2) is 0 Å². The van der Waals surface area contributed by atoms with Crippen LogP contribution in [-0.4, -0.2) is 29.9 Å². The maximum absolute atomic E-state index is 13.0. The van der Waals surface area contributed by atoms with Gasteiger partial charge >= 0.3 is 0 Å². The highest BCUT2D eigenvalue weighted by atomic mass is 32.2. The lowest BCUT2D eigenvalue weighted by atomic mass is 9.79. The van der Waals surface area contributed by atoms with Crippen LogP contribution in [0, 0.1) is 5.92 Å². The molecule has 0 amide bonds. The number of aryl methyl sites for hydroxylation is 1. The summed E-state index contributed by atoms with van der Waals surface area (Å²) >= 11 is 0.